The second-order valence-corrected chi connectivity index (χ2v) is 6.00. The van der Waals surface area contributed by atoms with Gasteiger partial charge in [0.25, 0.3) is 0 Å². The third-order valence-electron chi connectivity index (χ3n) is 2.85. The Labute approximate surface area is 115 Å². The normalized spacial score (nSPS) is 12.2. The van der Waals surface area contributed by atoms with Crippen molar-refractivity contribution in [1.29, 1.82) is 0 Å². The Hall–Kier alpha value is -0.960. The Bertz CT molecular complexity index is 353. The van der Waals surface area contributed by atoms with Crippen LogP contribution in [-0.4, -0.2) is 28.9 Å². The van der Waals surface area contributed by atoms with E-state index >= 15 is 0 Å². The van der Waals surface area contributed by atoms with Crippen molar-refractivity contribution in [3.63, 3.8) is 0 Å². The topological polar surface area (TPSA) is 20.3 Å². The highest BCUT2D eigenvalue weighted by Crippen LogP contribution is 2.16. The van der Waals surface area contributed by atoms with Gasteiger partial charge in [-0.1, -0.05) is 43.7 Å². The van der Waals surface area contributed by atoms with Crippen LogP contribution in [0.1, 0.15) is 32.3 Å². The van der Waals surface area contributed by atoms with Gasteiger partial charge >= 0.3 is 0 Å². The van der Waals surface area contributed by atoms with Crippen molar-refractivity contribution in [3.8, 4) is 0 Å². The zero-order valence-corrected chi connectivity index (χ0v) is 12.4. The predicted molar refractivity (Wildman–Crippen MR) is 79.7 cm³/mol. The minimum atomic E-state index is 0.0604. The number of carbonyl (C=O) groups excluding carboxylic acids is 1. The first-order valence-corrected chi connectivity index (χ1v) is 7.60. The lowest BCUT2D eigenvalue weighted by Gasteiger charge is -2.21. The number of thioether (sulfide) groups is 1. The molecule has 0 aliphatic heterocycles. The highest BCUT2D eigenvalue weighted by Gasteiger charge is 2.17. The third kappa shape index (κ3) is 5.13. The van der Waals surface area contributed by atoms with Crippen LogP contribution in [0.5, 0.6) is 0 Å². The molecule has 0 aromatic heterocycles. The van der Waals surface area contributed by atoms with Gasteiger partial charge in [0.1, 0.15) is 0 Å². The quantitative estimate of drug-likeness (QED) is 0.703. The molecule has 1 amide bonds. The van der Waals surface area contributed by atoms with Crippen molar-refractivity contribution >= 4 is 17.7 Å². The lowest BCUT2D eigenvalue weighted by Crippen LogP contribution is -2.32. The number of benzene rings is 1. The van der Waals surface area contributed by atoms with Gasteiger partial charge in [-0.15, -0.1) is 11.8 Å². The van der Waals surface area contributed by atoms with Crippen LogP contribution in [0.15, 0.2) is 30.3 Å². The molecule has 0 radical (unpaired) electrons. The molecule has 0 N–H and O–H groups in total. The van der Waals surface area contributed by atoms with Crippen LogP contribution in [0.4, 0.5) is 0 Å². The molecule has 3 heteroatoms. The summed E-state index contributed by atoms with van der Waals surface area (Å²) in [6.07, 6.45) is 2.37. The van der Waals surface area contributed by atoms with Gasteiger partial charge in [0.15, 0.2) is 0 Å². The summed E-state index contributed by atoms with van der Waals surface area (Å²) in [5.74, 6) is 1.29. The summed E-state index contributed by atoms with van der Waals surface area (Å²) in [5, 5.41) is 0.0604. The number of amides is 1. The fourth-order valence-corrected chi connectivity index (χ4v) is 2.85. The van der Waals surface area contributed by atoms with Crippen LogP contribution >= 0.6 is 11.8 Å². The fourth-order valence-electron chi connectivity index (χ4n) is 1.72. The first kappa shape index (κ1) is 15.1. The minimum absolute atomic E-state index is 0.0604. The molecular weight excluding hydrogens is 242 g/mol. The Morgan fingerprint density at radius 1 is 1.33 bits per heavy atom. The van der Waals surface area contributed by atoms with E-state index in [2.05, 4.69) is 19.1 Å². The number of unbranched alkanes of at least 4 members (excludes halogenated alkanes) is 1. The molecule has 0 aliphatic rings. The second kappa shape index (κ2) is 8.20. The second-order valence-electron chi connectivity index (χ2n) is 4.55. The Morgan fingerprint density at radius 3 is 2.61 bits per heavy atom. The van der Waals surface area contributed by atoms with E-state index in [0.29, 0.717) is 6.54 Å². The van der Waals surface area contributed by atoms with Crippen molar-refractivity contribution in [1.82, 2.24) is 4.90 Å². The molecule has 2 nitrogen and oxygen atoms in total. The van der Waals surface area contributed by atoms with Gasteiger partial charge < -0.3 is 4.90 Å². The first-order chi connectivity index (χ1) is 8.65. The molecule has 1 aromatic carbocycles. The molecule has 0 aliphatic carbocycles. The molecule has 1 aromatic rings. The van der Waals surface area contributed by atoms with E-state index in [1.807, 2.05) is 37.1 Å². The largest absolute Gasteiger partial charge is 0.340 e. The monoisotopic (exact) mass is 265 g/mol. The van der Waals surface area contributed by atoms with Crippen LogP contribution in [0.2, 0.25) is 0 Å². The summed E-state index contributed by atoms with van der Waals surface area (Å²) in [5.41, 5.74) is 1.18. The maximum absolute atomic E-state index is 12.1. The van der Waals surface area contributed by atoms with Crippen molar-refractivity contribution in [2.45, 2.75) is 38.5 Å². The minimum Gasteiger partial charge on any atom is -0.340 e. The lowest BCUT2D eigenvalue weighted by molar-refractivity contribution is -0.129. The Morgan fingerprint density at radius 2 is 2.00 bits per heavy atom. The van der Waals surface area contributed by atoms with E-state index in [1.165, 1.54) is 18.4 Å². The van der Waals surface area contributed by atoms with Crippen molar-refractivity contribution in [3.05, 3.63) is 35.9 Å². The maximum atomic E-state index is 12.1. The van der Waals surface area contributed by atoms with Crippen LogP contribution < -0.4 is 0 Å². The summed E-state index contributed by atoms with van der Waals surface area (Å²) in [6, 6.07) is 10.1. The van der Waals surface area contributed by atoms with E-state index in [0.717, 1.165) is 5.75 Å². The summed E-state index contributed by atoms with van der Waals surface area (Å²) in [6.45, 7) is 4.87. The molecule has 100 valence electrons. The Balaban J connectivity index is 2.41. The molecule has 0 saturated carbocycles. The summed E-state index contributed by atoms with van der Waals surface area (Å²) in [7, 11) is 1.88. The van der Waals surface area contributed by atoms with Crippen LogP contribution in [0, 0.1) is 0 Å². The predicted octanol–water partition coefficient (Wildman–Crippen LogP) is 3.57. The van der Waals surface area contributed by atoms with Gasteiger partial charge in [0, 0.05) is 13.6 Å². The highest BCUT2D eigenvalue weighted by atomic mass is 32.2. The number of carbonyl (C=O) groups is 1. The summed E-state index contributed by atoms with van der Waals surface area (Å²) < 4.78 is 0. The molecule has 0 heterocycles. The van der Waals surface area contributed by atoms with Crippen molar-refractivity contribution < 1.29 is 4.79 Å². The number of nitrogens with zero attached hydrogens (tertiary/aromatic N) is 1. The molecule has 18 heavy (non-hydrogen) atoms. The van der Waals surface area contributed by atoms with E-state index < -0.39 is 0 Å². The van der Waals surface area contributed by atoms with E-state index in [-0.39, 0.29) is 11.2 Å². The van der Waals surface area contributed by atoms with E-state index in [1.54, 1.807) is 11.8 Å². The molecule has 1 rings (SSSR count). The van der Waals surface area contributed by atoms with Crippen molar-refractivity contribution in [2.24, 2.45) is 0 Å². The molecule has 1 atom stereocenters. The van der Waals surface area contributed by atoms with Gasteiger partial charge in [0.05, 0.1) is 5.25 Å². The van der Waals surface area contributed by atoms with E-state index in [9.17, 15) is 4.79 Å². The summed E-state index contributed by atoms with van der Waals surface area (Å²) >= 11 is 1.76. The third-order valence-corrected chi connectivity index (χ3v) is 4.08. The number of hydrogen-bond donors (Lipinski definition) is 0. The van der Waals surface area contributed by atoms with Gasteiger partial charge in [-0.2, -0.15) is 0 Å². The Kier molecular flexibility index (Phi) is 6.88. The molecule has 0 saturated heterocycles. The zero-order valence-electron chi connectivity index (χ0n) is 11.6. The zero-order chi connectivity index (χ0) is 13.4. The lowest BCUT2D eigenvalue weighted by atomic mass is 10.2. The van der Waals surface area contributed by atoms with Crippen LogP contribution in [0.25, 0.3) is 0 Å². The SMILES string of the molecule is CCCCSC(C)C(=O)N(C)Cc1ccccc1. The molecule has 0 bridgehead atoms. The molecule has 0 spiro atoms. The fraction of sp³-hybridized carbons (Fsp3) is 0.533. The number of hydrogen-bond acceptors (Lipinski definition) is 2. The van der Waals surface area contributed by atoms with Gasteiger partial charge in [-0.25, -0.2) is 0 Å². The molecule has 0 fully saturated rings. The van der Waals surface area contributed by atoms with Gasteiger partial charge in [0.2, 0.25) is 5.91 Å². The van der Waals surface area contributed by atoms with Gasteiger partial charge in [-0.3, -0.25) is 4.79 Å². The highest BCUT2D eigenvalue weighted by molar-refractivity contribution is 8.00. The average molecular weight is 265 g/mol. The smallest absolute Gasteiger partial charge is 0.235 e. The maximum Gasteiger partial charge on any atom is 0.235 e. The van der Waals surface area contributed by atoms with Crippen LogP contribution in [0.3, 0.4) is 0 Å². The molecule has 1 unspecified atom stereocenters. The number of rotatable bonds is 7. The average Bonchev–Trinajstić information content (AvgIpc) is 2.39. The first-order valence-electron chi connectivity index (χ1n) is 6.55. The standard InChI is InChI=1S/C15H23NOS/c1-4-5-11-18-13(2)15(17)16(3)12-14-9-7-6-8-10-14/h6-10,13H,4-5,11-12H2,1-3H3. The summed E-state index contributed by atoms with van der Waals surface area (Å²) in [4.78, 5) is 14.0. The van der Waals surface area contributed by atoms with Crippen LogP contribution in [-0.2, 0) is 11.3 Å². The van der Waals surface area contributed by atoms with Crippen molar-refractivity contribution in [2.75, 3.05) is 12.8 Å². The molecular formula is C15H23NOS. The van der Waals surface area contributed by atoms with Gasteiger partial charge in [-0.05, 0) is 24.7 Å². The van der Waals surface area contributed by atoms with E-state index in [4.69, 9.17) is 0 Å².